The molecule has 2 aliphatic heterocycles. The molecular formula is C21H28N6O. The summed E-state index contributed by atoms with van der Waals surface area (Å²) in [7, 11) is 0. The highest BCUT2D eigenvalue weighted by molar-refractivity contribution is 5.78. The van der Waals surface area contributed by atoms with Crippen LogP contribution < -0.4 is 9.80 Å². The Morgan fingerprint density at radius 2 is 1.50 bits per heavy atom. The molecule has 0 saturated carbocycles. The molecule has 1 aromatic carbocycles. The van der Waals surface area contributed by atoms with E-state index >= 15 is 0 Å². The SMILES string of the molecule is Cc1ccccc1N1CCN(CC(=O)N2CCN(c3ncccn3)CC2)CC1. The second-order valence-corrected chi connectivity index (χ2v) is 7.47. The highest BCUT2D eigenvalue weighted by Gasteiger charge is 2.25. The molecular weight excluding hydrogens is 352 g/mol. The summed E-state index contributed by atoms with van der Waals surface area (Å²) in [5.41, 5.74) is 2.63. The second-order valence-electron chi connectivity index (χ2n) is 7.47. The number of rotatable bonds is 4. The third-order valence-electron chi connectivity index (χ3n) is 5.65. The lowest BCUT2D eigenvalue weighted by Crippen LogP contribution is -2.54. The number of hydrogen-bond acceptors (Lipinski definition) is 6. The van der Waals surface area contributed by atoms with Gasteiger partial charge in [0.05, 0.1) is 6.54 Å². The molecule has 2 saturated heterocycles. The molecule has 2 aliphatic rings. The van der Waals surface area contributed by atoms with E-state index in [1.165, 1.54) is 11.3 Å². The Morgan fingerprint density at radius 3 is 2.18 bits per heavy atom. The molecule has 0 radical (unpaired) electrons. The van der Waals surface area contributed by atoms with E-state index in [0.717, 1.165) is 58.3 Å². The van der Waals surface area contributed by atoms with Crippen molar-refractivity contribution in [1.29, 1.82) is 0 Å². The smallest absolute Gasteiger partial charge is 0.236 e. The van der Waals surface area contributed by atoms with Gasteiger partial charge in [-0.25, -0.2) is 9.97 Å². The Balaban J connectivity index is 1.24. The lowest BCUT2D eigenvalue weighted by Gasteiger charge is -2.39. The normalized spacial score (nSPS) is 18.4. The number of benzene rings is 1. The summed E-state index contributed by atoms with van der Waals surface area (Å²) in [5, 5.41) is 0. The second kappa shape index (κ2) is 8.56. The van der Waals surface area contributed by atoms with Crippen LogP contribution in [0, 0.1) is 6.92 Å². The zero-order chi connectivity index (χ0) is 19.3. The van der Waals surface area contributed by atoms with Crippen LogP contribution in [-0.4, -0.2) is 84.6 Å². The lowest BCUT2D eigenvalue weighted by atomic mass is 10.1. The van der Waals surface area contributed by atoms with Crippen molar-refractivity contribution in [3.8, 4) is 0 Å². The molecule has 0 N–H and O–H groups in total. The predicted octanol–water partition coefficient (Wildman–Crippen LogP) is 1.26. The van der Waals surface area contributed by atoms with Crippen LogP contribution in [0.15, 0.2) is 42.7 Å². The van der Waals surface area contributed by atoms with E-state index in [2.05, 4.69) is 55.9 Å². The van der Waals surface area contributed by atoms with Crippen LogP contribution in [0.5, 0.6) is 0 Å². The van der Waals surface area contributed by atoms with Crippen molar-refractivity contribution < 1.29 is 4.79 Å². The fourth-order valence-electron chi connectivity index (χ4n) is 3.97. The van der Waals surface area contributed by atoms with Gasteiger partial charge in [-0.15, -0.1) is 0 Å². The van der Waals surface area contributed by atoms with E-state index in [4.69, 9.17) is 0 Å². The average Bonchev–Trinajstić information content (AvgIpc) is 2.75. The molecule has 2 fully saturated rings. The molecule has 28 heavy (non-hydrogen) atoms. The van der Waals surface area contributed by atoms with Crippen LogP contribution in [0.4, 0.5) is 11.6 Å². The van der Waals surface area contributed by atoms with E-state index in [1.807, 2.05) is 11.0 Å². The Morgan fingerprint density at radius 1 is 0.857 bits per heavy atom. The van der Waals surface area contributed by atoms with Gasteiger partial charge in [-0.3, -0.25) is 9.69 Å². The van der Waals surface area contributed by atoms with Gasteiger partial charge in [0.25, 0.3) is 0 Å². The van der Waals surface area contributed by atoms with Crippen molar-refractivity contribution in [3.63, 3.8) is 0 Å². The van der Waals surface area contributed by atoms with Crippen LogP contribution in [0.3, 0.4) is 0 Å². The van der Waals surface area contributed by atoms with Crippen molar-refractivity contribution in [3.05, 3.63) is 48.3 Å². The summed E-state index contributed by atoms with van der Waals surface area (Å²) in [4.78, 5) is 30.2. The van der Waals surface area contributed by atoms with Crippen LogP contribution in [0.2, 0.25) is 0 Å². The number of nitrogens with zero attached hydrogens (tertiary/aromatic N) is 6. The largest absolute Gasteiger partial charge is 0.369 e. The van der Waals surface area contributed by atoms with E-state index in [-0.39, 0.29) is 5.91 Å². The molecule has 0 atom stereocenters. The van der Waals surface area contributed by atoms with E-state index in [9.17, 15) is 4.79 Å². The number of hydrogen-bond donors (Lipinski definition) is 0. The van der Waals surface area contributed by atoms with Gasteiger partial charge in [-0.05, 0) is 24.6 Å². The summed E-state index contributed by atoms with van der Waals surface area (Å²) in [6.07, 6.45) is 3.52. The zero-order valence-electron chi connectivity index (χ0n) is 16.5. The molecule has 7 nitrogen and oxygen atoms in total. The van der Waals surface area contributed by atoms with Crippen LogP contribution in [-0.2, 0) is 4.79 Å². The molecule has 4 rings (SSSR count). The third kappa shape index (κ3) is 4.25. The first-order valence-corrected chi connectivity index (χ1v) is 10.0. The topological polar surface area (TPSA) is 55.8 Å². The van der Waals surface area contributed by atoms with Gasteiger partial charge in [0.2, 0.25) is 11.9 Å². The fraction of sp³-hybridized carbons (Fsp3) is 0.476. The van der Waals surface area contributed by atoms with Gasteiger partial charge < -0.3 is 14.7 Å². The lowest BCUT2D eigenvalue weighted by molar-refractivity contribution is -0.132. The van der Waals surface area contributed by atoms with Crippen LogP contribution >= 0.6 is 0 Å². The summed E-state index contributed by atoms with van der Waals surface area (Å²) in [5.74, 6) is 0.986. The summed E-state index contributed by atoms with van der Waals surface area (Å²) in [6.45, 7) is 9.52. The molecule has 0 unspecified atom stereocenters. The Kier molecular flexibility index (Phi) is 5.71. The fourth-order valence-corrected chi connectivity index (χ4v) is 3.97. The maximum absolute atomic E-state index is 12.7. The van der Waals surface area contributed by atoms with E-state index in [1.54, 1.807) is 12.4 Å². The van der Waals surface area contributed by atoms with Gasteiger partial charge in [-0.2, -0.15) is 0 Å². The number of anilines is 2. The minimum atomic E-state index is 0.234. The number of piperazine rings is 2. The van der Waals surface area contributed by atoms with Gasteiger partial charge in [-0.1, -0.05) is 18.2 Å². The first-order chi connectivity index (χ1) is 13.7. The van der Waals surface area contributed by atoms with Crippen molar-refractivity contribution in [2.75, 3.05) is 68.7 Å². The summed E-state index contributed by atoms with van der Waals surface area (Å²) >= 11 is 0. The minimum Gasteiger partial charge on any atom is -0.369 e. The van der Waals surface area contributed by atoms with E-state index in [0.29, 0.717) is 6.54 Å². The highest BCUT2D eigenvalue weighted by atomic mass is 16.2. The quantitative estimate of drug-likeness (QED) is 0.796. The van der Waals surface area contributed by atoms with E-state index < -0.39 is 0 Å². The number of para-hydroxylation sites is 1. The van der Waals surface area contributed by atoms with Crippen LogP contribution in [0.1, 0.15) is 5.56 Å². The molecule has 7 heteroatoms. The van der Waals surface area contributed by atoms with Gasteiger partial charge in [0, 0.05) is 70.4 Å². The number of carbonyl (C=O) groups excluding carboxylic acids is 1. The van der Waals surface area contributed by atoms with Gasteiger partial charge in [0.1, 0.15) is 0 Å². The number of carbonyl (C=O) groups is 1. The molecule has 2 aromatic rings. The summed E-state index contributed by atoms with van der Waals surface area (Å²) in [6, 6.07) is 10.3. The maximum atomic E-state index is 12.7. The van der Waals surface area contributed by atoms with Gasteiger partial charge in [0.15, 0.2) is 0 Å². The Hall–Kier alpha value is -2.67. The Bertz CT molecular complexity index is 782. The molecule has 148 valence electrons. The molecule has 0 aliphatic carbocycles. The molecule has 1 amide bonds. The number of aromatic nitrogens is 2. The maximum Gasteiger partial charge on any atom is 0.236 e. The van der Waals surface area contributed by atoms with Crippen molar-refractivity contribution >= 4 is 17.5 Å². The first kappa shape index (κ1) is 18.7. The monoisotopic (exact) mass is 380 g/mol. The van der Waals surface area contributed by atoms with Crippen LogP contribution in [0.25, 0.3) is 0 Å². The third-order valence-corrected chi connectivity index (χ3v) is 5.65. The van der Waals surface area contributed by atoms with Crippen molar-refractivity contribution in [2.24, 2.45) is 0 Å². The zero-order valence-corrected chi connectivity index (χ0v) is 16.5. The number of aryl methyl sites for hydroxylation is 1. The highest BCUT2D eigenvalue weighted by Crippen LogP contribution is 2.20. The number of amides is 1. The molecule has 3 heterocycles. The molecule has 1 aromatic heterocycles. The minimum absolute atomic E-state index is 0.234. The Labute approximate surface area is 166 Å². The van der Waals surface area contributed by atoms with Crippen molar-refractivity contribution in [1.82, 2.24) is 19.8 Å². The summed E-state index contributed by atoms with van der Waals surface area (Å²) < 4.78 is 0. The molecule has 0 bridgehead atoms. The first-order valence-electron chi connectivity index (χ1n) is 10.0. The predicted molar refractivity (Wildman–Crippen MR) is 111 cm³/mol. The van der Waals surface area contributed by atoms with Gasteiger partial charge >= 0.3 is 0 Å². The molecule has 0 spiro atoms. The standard InChI is InChI=1S/C21H28N6O/c1-18-5-2-3-6-19(18)25-11-9-24(10-12-25)17-20(28)26-13-15-27(16-14-26)21-22-7-4-8-23-21/h2-8H,9-17H2,1H3. The van der Waals surface area contributed by atoms with Crippen molar-refractivity contribution in [2.45, 2.75) is 6.92 Å². The average molecular weight is 380 g/mol.